The molecule has 0 radical (unpaired) electrons. The normalized spacial score (nSPS) is 15.2. The van der Waals surface area contributed by atoms with Crippen LogP contribution in [-0.2, 0) is 0 Å². The van der Waals surface area contributed by atoms with E-state index in [4.69, 9.17) is 0 Å². The van der Waals surface area contributed by atoms with Crippen LogP contribution in [0.1, 0.15) is 57.1 Å². The van der Waals surface area contributed by atoms with Crippen LogP contribution in [0.3, 0.4) is 0 Å². The molecule has 0 aliphatic carbocycles. The van der Waals surface area contributed by atoms with Crippen LogP contribution >= 0.6 is 11.3 Å². The van der Waals surface area contributed by atoms with Gasteiger partial charge < -0.3 is 10.2 Å². The topological polar surface area (TPSA) is 62.3 Å². The van der Waals surface area contributed by atoms with Crippen molar-refractivity contribution in [2.24, 2.45) is 0 Å². The fourth-order valence-corrected chi connectivity index (χ4v) is 3.94. The molecule has 1 saturated heterocycles. The van der Waals surface area contributed by atoms with Crippen molar-refractivity contribution in [1.29, 1.82) is 0 Å². The minimum Gasteiger partial charge on any atom is -0.352 e. The maximum Gasteiger partial charge on any atom is 0.263 e. The molecular formula is C19H23N3O2S. The Bertz CT molecular complexity index is 750. The lowest BCUT2D eigenvalue weighted by molar-refractivity contribution is 0.0715. The maximum absolute atomic E-state index is 12.5. The Morgan fingerprint density at radius 3 is 2.68 bits per heavy atom. The number of piperidine rings is 1. The molecule has 6 heteroatoms. The lowest BCUT2D eigenvalue weighted by Crippen LogP contribution is -2.38. The first-order chi connectivity index (χ1) is 12.1. The van der Waals surface area contributed by atoms with Gasteiger partial charge in [0.25, 0.3) is 11.8 Å². The van der Waals surface area contributed by atoms with Gasteiger partial charge in [0, 0.05) is 31.2 Å². The van der Waals surface area contributed by atoms with Gasteiger partial charge in [-0.05, 0) is 50.3 Å². The fraction of sp³-hybridized carbons (Fsp3) is 0.421. The highest BCUT2D eigenvalue weighted by molar-refractivity contribution is 7.12. The molecule has 2 aromatic heterocycles. The zero-order chi connectivity index (χ0) is 17.8. The van der Waals surface area contributed by atoms with E-state index in [1.165, 1.54) is 11.3 Å². The first kappa shape index (κ1) is 17.6. The lowest BCUT2D eigenvalue weighted by atomic mass is 9.89. The van der Waals surface area contributed by atoms with Crippen molar-refractivity contribution in [2.75, 3.05) is 19.6 Å². The lowest BCUT2D eigenvalue weighted by Gasteiger charge is -2.32. The van der Waals surface area contributed by atoms with Gasteiger partial charge in [0.2, 0.25) is 0 Å². The summed E-state index contributed by atoms with van der Waals surface area (Å²) < 4.78 is 0. The highest BCUT2D eigenvalue weighted by Crippen LogP contribution is 2.30. The number of thiophene rings is 1. The van der Waals surface area contributed by atoms with Gasteiger partial charge in [0.1, 0.15) is 0 Å². The van der Waals surface area contributed by atoms with E-state index in [9.17, 15) is 9.59 Å². The number of aromatic nitrogens is 1. The molecule has 0 aromatic carbocycles. The highest BCUT2D eigenvalue weighted by Gasteiger charge is 2.28. The zero-order valence-corrected chi connectivity index (χ0v) is 15.4. The van der Waals surface area contributed by atoms with Crippen molar-refractivity contribution < 1.29 is 9.59 Å². The molecule has 1 N–H and O–H groups in total. The molecule has 0 saturated carbocycles. The van der Waals surface area contributed by atoms with E-state index in [0.717, 1.165) is 29.1 Å². The van der Waals surface area contributed by atoms with Gasteiger partial charge in [-0.1, -0.05) is 6.07 Å². The van der Waals surface area contributed by atoms with Crippen molar-refractivity contribution in [3.05, 3.63) is 51.5 Å². The number of carbonyl (C=O) groups excluding carboxylic acids is 2. The summed E-state index contributed by atoms with van der Waals surface area (Å²) in [6, 6.07) is 7.52. The van der Waals surface area contributed by atoms with Gasteiger partial charge in [-0.15, -0.1) is 11.3 Å². The molecule has 1 fully saturated rings. The van der Waals surface area contributed by atoms with Gasteiger partial charge >= 0.3 is 0 Å². The number of nitrogens with one attached hydrogen (secondary N) is 1. The molecule has 5 nitrogen and oxygen atoms in total. The molecular weight excluding hydrogens is 334 g/mol. The summed E-state index contributed by atoms with van der Waals surface area (Å²) in [6.07, 6.45) is 1.67. The Morgan fingerprint density at radius 1 is 1.28 bits per heavy atom. The molecule has 0 unspecified atom stereocenters. The predicted molar refractivity (Wildman–Crippen MR) is 99.2 cm³/mol. The van der Waals surface area contributed by atoms with Crippen LogP contribution < -0.4 is 5.32 Å². The third kappa shape index (κ3) is 3.90. The molecule has 132 valence electrons. The number of likely N-dealkylation sites (tertiary alicyclic amines) is 1. The SMILES string of the molecule is CCNC(=O)c1ccc(C)nc1C1CCN(C(=O)c2cccs2)CC1. The largest absolute Gasteiger partial charge is 0.352 e. The summed E-state index contributed by atoms with van der Waals surface area (Å²) in [5.41, 5.74) is 2.45. The molecule has 25 heavy (non-hydrogen) atoms. The van der Waals surface area contributed by atoms with E-state index < -0.39 is 0 Å². The standard InChI is InChI=1S/C19H23N3O2S/c1-3-20-18(23)15-7-6-13(2)21-17(15)14-8-10-22(11-9-14)19(24)16-5-4-12-25-16/h4-7,12,14H,3,8-11H2,1-2H3,(H,20,23). The number of carbonyl (C=O) groups is 2. The average molecular weight is 357 g/mol. The molecule has 1 aliphatic rings. The summed E-state index contributed by atoms with van der Waals surface area (Å²) in [5, 5.41) is 4.79. The third-order valence-corrected chi connectivity index (χ3v) is 5.40. The third-order valence-electron chi connectivity index (χ3n) is 4.55. The van der Waals surface area contributed by atoms with Crippen LogP contribution in [0.2, 0.25) is 0 Å². The smallest absolute Gasteiger partial charge is 0.263 e. The number of rotatable bonds is 4. The van der Waals surface area contributed by atoms with Crippen molar-refractivity contribution in [2.45, 2.75) is 32.6 Å². The average Bonchev–Trinajstić information content (AvgIpc) is 3.16. The number of hydrogen-bond acceptors (Lipinski definition) is 4. The molecule has 0 atom stereocenters. The van der Waals surface area contributed by atoms with E-state index in [0.29, 0.717) is 25.2 Å². The first-order valence-electron chi connectivity index (χ1n) is 8.68. The summed E-state index contributed by atoms with van der Waals surface area (Å²) in [5.74, 6) is 0.251. The van der Waals surface area contributed by atoms with Gasteiger partial charge in [0.15, 0.2) is 0 Å². The number of nitrogens with zero attached hydrogens (tertiary/aromatic N) is 2. The summed E-state index contributed by atoms with van der Waals surface area (Å²) in [4.78, 5) is 32.2. The zero-order valence-electron chi connectivity index (χ0n) is 14.6. The quantitative estimate of drug-likeness (QED) is 0.914. The van der Waals surface area contributed by atoms with Crippen molar-refractivity contribution in [3.63, 3.8) is 0 Å². The second-order valence-corrected chi connectivity index (χ2v) is 7.24. The monoisotopic (exact) mass is 357 g/mol. The second-order valence-electron chi connectivity index (χ2n) is 6.29. The van der Waals surface area contributed by atoms with Gasteiger partial charge in [-0.25, -0.2) is 0 Å². The van der Waals surface area contributed by atoms with Crippen LogP contribution in [0, 0.1) is 6.92 Å². The molecule has 0 bridgehead atoms. The van der Waals surface area contributed by atoms with Gasteiger partial charge in [0.05, 0.1) is 16.1 Å². The van der Waals surface area contributed by atoms with Gasteiger partial charge in [-0.3, -0.25) is 14.6 Å². The molecule has 3 rings (SSSR count). The van der Waals surface area contributed by atoms with Crippen molar-refractivity contribution in [3.8, 4) is 0 Å². The van der Waals surface area contributed by atoms with Crippen LogP contribution in [0.15, 0.2) is 29.6 Å². The number of pyridine rings is 1. The molecule has 2 amide bonds. The fourth-order valence-electron chi connectivity index (χ4n) is 3.25. The Labute approximate surface area is 152 Å². The number of aryl methyl sites for hydroxylation is 1. The van der Waals surface area contributed by atoms with E-state index in [1.54, 1.807) is 0 Å². The summed E-state index contributed by atoms with van der Waals surface area (Å²) in [7, 11) is 0. The van der Waals surface area contributed by atoms with Crippen LogP contribution in [-0.4, -0.2) is 41.3 Å². The van der Waals surface area contributed by atoms with Crippen molar-refractivity contribution >= 4 is 23.2 Å². The Kier molecular flexibility index (Phi) is 5.48. The van der Waals surface area contributed by atoms with E-state index in [2.05, 4.69) is 10.3 Å². The molecule has 1 aliphatic heterocycles. The predicted octanol–water partition coefficient (Wildman–Crippen LogP) is 3.22. The highest BCUT2D eigenvalue weighted by atomic mass is 32.1. The van der Waals surface area contributed by atoms with E-state index in [1.807, 2.05) is 48.4 Å². The number of hydrogen-bond donors (Lipinski definition) is 1. The number of amides is 2. The Hall–Kier alpha value is -2.21. The van der Waals surface area contributed by atoms with Crippen LogP contribution in [0.4, 0.5) is 0 Å². The minimum atomic E-state index is -0.0675. The molecule has 0 spiro atoms. The van der Waals surface area contributed by atoms with Crippen molar-refractivity contribution in [1.82, 2.24) is 15.2 Å². The minimum absolute atomic E-state index is 0.0675. The summed E-state index contributed by atoms with van der Waals surface area (Å²) in [6.45, 7) is 5.85. The molecule has 3 heterocycles. The molecule has 2 aromatic rings. The van der Waals surface area contributed by atoms with Crippen LogP contribution in [0.5, 0.6) is 0 Å². The van der Waals surface area contributed by atoms with E-state index >= 15 is 0 Å². The van der Waals surface area contributed by atoms with Crippen LogP contribution in [0.25, 0.3) is 0 Å². The summed E-state index contributed by atoms with van der Waals surface area (Å²) >= 11 is 1.48. The Morgan fingerprint density at radius 2 is 2.04 bits per heavy atom. The first-order valence-corrected chi connectivity index (χ1v) is 9.56. The van der Waals surface area contributed by atoms with E-state index in [-0.39, 0.29) is 17.7 Å². The maximum atomic E-state index is 12.5. The van der Waals surface area contributed by atoms with Gasteiger partial charge in [-0.2, -0.15) is 0 Å². The Balaban J connectivity index is 1.73. The second kappa shape index (κ2) is 7.78.